The molecule has 0 saturated carbocycles. The van der Waals surface area contributed by atoms with Gasteiger partial charge in [-0.2, -0.15) is 0 Å². The van der Waals surface area contributed by atoms with Crippen molar-refractivity contribution in [3.05, 3.63) is 34.9 Å². The Balaban J connectivity index is 2.58. The molecule has 0 aromatic heterocycles. The van der Waals surface area contributed by atoms with Crippen LogP contribution in [-0.2, 0) is 4.74 Å². The molecule has 0 aliphatic rings. The van der Waals surface area contributed by atoms with E-state index in [2.05, 4.69) is 36.7 Å². The van der Waals surface area contributed by atoms with Crippen molar-refractivity contribution in [1.82, 2.24) is 0 Å². The van der Waals surface area contributed by atoms with Crippen LogP contribution in [0.5, 0.6) is 0 Å². The predicted molar refractivity (Wildman–Crippen MR) is 78.0 cm³/mol. The molecule has 0 heterocycles. The molecule has 0 aliphatic heterocycles. The first-order valence-electron chi connectivity index (χ1n) is 5.86. The van der Waals surface area contributed by atoms with Gasteiger partial charge in [0.1, 0.15) is 0 Å². The van der Waals surface area contributed by atoms with Gasteiger partial charge < -0.3 is 4.74 Å². The summed E-state index contributed by atoms with van der Waals surface area (Å²) in [4.78, 5) is 0. The predicted octanol–water partition coefficient (Wildman–Crippen LogP) is 5.23. The van der Waals surface area contributed by atoms with Gasteiger partial charge in [-0.25, -0.2) is 0 Å². The van der Waals surface area contributed by atoms with Crippen molar-refractivity contribution in [2.75, 3.05) is 11.9 Å². The lowest BCUT2D eigenvalue weighted by atomic mass is 9.93. The Morgan fingerprint density at radius 1 is 1.29 bits per heavy atom. The van der Waals surface area contributed by atoms with Gasteiger partial charge in [0.25, 0.3) is 0 Å². The third-order valence-corrected chi connectivity index (χ3v) is 3.50. The summed E-state index contributed by atoms with van der Waals surface area (Å²) in [6.07, 6.45) is 1.08. The molecule has 0 radical (unpaired) electrons. The number of halogens is 2. The molecule has 96 valence electrons. The van der Waals surface area contributed by atoms with Gasteiger partial charge in [0.15, 0.2) is 0 Å². The van der Waals surface area contributed by atoms with E-state index in [1.54, 1.807) is 0 Å². The van der Waals surface area contributed by atoms with Crippen LogP contribution < -0.4 is 0 Å². The molecule has 0 spiro atoms. The van der Waals surface area contributed by atoms with E-state index in [1.807, 2.05) is 24.3 Å². The van der Waals surface area contributed by atoms with E-state index < -0.39 is 0 Å². The standard InChI is InChI=1S/C14H20BrClO/c1-14(2,3)8-9-17-13(10-15)11-6-4-5-7-12(11)16/h4-7,13H,8-10H2,1-3H3. The molecule has 0 saturated heterocycles. The minimum atomic E-state index is 0.0334. The molecule has 1 aromatic carbocycles. The number of alkyl halides is 1. The van der Waals surface area contributed by atoms with Gasteiger partial charge in [-0.05, 0) is 17.9 Å². The Kier molecular flexibility index (Phi) is 5.98. The van der Waals surface area contributed by atoms with Crippen LogP contribution in [0, 0.1) is 5.41 Å². The van der Waals surface area contributed by atoms with Crippen molar-refractivity contribution < 1.29 is 4.74 Å². The van der Waals surface area contributed by atoms with E-state index in [9.17, 15) is 0 Å². The molecule has 0 bridgehead atoms. The molecule has 1 nitrogen and oxygen atoms in total. The minimum absolute atomic E-state index is 0.0334. The number of benzene rings is 1. The molecule has 3 heteroatoms. The van der Waals surface area contributed by atoms with Gasteiger partial charge >= 0.3 is 0 Å². The van der Waals surface area contributed by atoms with Gasteiger partial charge in [-0.15, -0.1) is 0 Å². The van der Waals surface area contributed by atoms with E-state index in [0.29, 0.717) is 5.41 Å². The lowest BCUT2D eigenvalue weighted by Crippen LogP contribution is -2.13. The third kappa shape index (κ3) is 5.41. The monoisotopic (exact) mass is 318 g/mol. The quantitative estimate of drug-likeness (QED) is 0.675. The van der Waals surface area contributed by atoms with Crippen molar-refractivity contribution >= 4 is 27.5 Å². The molecule has 0 aliphatic carbocycles. The highest BCUT2D eigenvalue weighted by atomic mass is 79.9. The summed E-state index contributed by atoms with van der Waals surface area (Å²) in [5.74, 6) is 0. The van der Waals surface area contributed by atoms with Gasteiger partial charge in [-0.3, -0.25) is 0 Å². The zero-order chi connectivity index (χ0) is 12.9. The molecule has 17 heavy (non-hydrogen) atoms. The van der Waals surface area contributed by atoms with E-state index in [4.69, 9.17) is 16.3 Å². The molecular formula is C14H20BrClO. The molecule has 0 fully saturated rings. The fraction of sp³-hybridized carbons (Fsp3) is 0.571. The lowest BCUT2D eigenvalue weighted by molar-refractivity contribution is 0.0522. The second-order valence-corrected chi connectivity index (χ2v) is 6.40. The first-order chi connectivity index (χ1) is 7.94. The summed E-state index contributed by atoms with van der Waals surface area (Å²) in [6.45, 7) is 7.41. The van der Waals surface area contributed by atoms with E-state index in [1.165, 1.54) is 0 Å². The largest absolute Gasteiger partial charge is 0.373 e. The zero-order valence-corrected chi connectivity index (χ0v) is 13.0. The highest BCUT2D eigenvalue weighted by molar-refractivity contribution is 9.09. The maximum absolute atomic E-state index is 6.17. The van der Waals surface area contributed by atoms with Crippen molar-refractivity contribution in [1.29, 1.82) is 0 Å². The molecule has 0 amide bonds. The van der Waals surface area contributed by atoms with Crippen LogP contribution in [0.15, 0.2) is 24.3 Å². The topological polar surface area (TPSA) is 9.23 Å². The highest BCUT2D eigenvalue weighted by Crippen LogP contribution is 2.28. The fourth-order valence-corrected chi connectivity index (χ4v) is 2.25. The SMILES string of the molecule is CC(C)(C)CCOC(CBr)c1ccccc1Cl. The third-order valence-electron chi connectivity index (χ3n) is 2.56. The lowest BCUT2D eigenvalue weighted by Gasteiger charge is -2.21. The average Bonchev–Trinajstić information content (AvgIpc) is 2.24. The zero-order valence-electron chi connectivity index (χ0n) is 10.7. The summed E-state index contributed by atoms with van der Waals surface area (Å²) in [5, 5.41) is 1.54. The summed E-state index contributed by atoms with van der Waals surface area (Å²) in [5.41, 5.74) is 1.36. The molecule has 1 rings (SSSR count). The molecule has 1 aromatic rings. The molecule has 1 unspecified atom stereocenters. The fourth-order valence-electron chi connectivity index (χ4n) is 1.46. The summed E-state index contributed by atoms with van der Waals surface area (Å²) < 4.78 is 5.90. The Morgan fingerprint density at radius 3 is 2.47 bits per heavy atom. The van der Waals surface area contributed by atoms with Crippen molar-refractivity contribution in [3.8, 4) is 0 Å². The van der Waals surface area contributed by atoms with Crippen molar-refractivity contribution in [3.63, 3.8) is 0 Å². The van der Waals surface area contributed by atoms with E-state index >= 15 is 0 Å². The average molecular weight is 320 g/mol. The van der Waals surface area contributed by atoms with Crippen LogP contribution in [0.4, 0.5) is 0 Å². The van der Waals surface area contributed by atoms with Crippen LogP contribution in [0.1, 0.15) is 38.9 Å². The van der Waals surface area contributed by atoms with Crippen LogP contribution >= 0.6 is 27.5 Å². The Bertz CT molecular complexity index is 346. The first-order valence-corrected chi connectivity index (χ1v) is 7.36. The molecule has 1 atom stereocenters. The van der Waals surface area contributed by atoms with Gasteiger partial charge in [0, 0.05) is 22.5 Å². The number of rotatable bonds is 5. The molecular weight excluding hydrogens is 300 g/mol. The number of hydrogen-bond donors (Lipinski definition) is 0. The minimum Gasteiger partial charge on any atom is -0.373 e. The van der Waals surface area contributed by atoms with Gasteiger partial charge in [0.05, 0.1) is 6.10 Å². The number of hydrogen-bond acceptors (Lipinski definition) is 1. The summed E-state index contributed by atoms with van der Waals surface area (Å²) in [6, 6.07) is 7.85. The second kappa shape index (κ2) is 6.77. The van der Waals surface area contributed by atoms with E-state index in [-0.39, 0.29) is 6.10 Å². The molecule has 0 N–H and O–H groups in total. The smallest absolute Gasteiger partial charge is 0.0935 e. The first kappa shape index (κ1) is 15.0. The maximum atomic E-state index is 6.17. The summed E-state index contributed by atoms with van der Waals surface area (Å²) in [7, 11) is 0. The van der Waals surface area contributed by atoms with Crippen LogP contribution in [0.25, 0.3) is 0 Å². The van der Waals surface area contributed by atoms with Crippen molar-refractivity contribution in [2.45, 2.75) is 33.3 Å². The Morgan fingerprint density at radius 2 is 1.94 bits per heavy atom. The van der Waals surface area contributed by atoms with Crippen LogP contribution in [0.3, 0.4) is 0 Å². The van der Waals surface area contributed by atoms with Crippen molar-refractivity contribution in [2.24, 2.45) is 5.41 Å². The highest BCUT2D eigenvalue weighted by Gasteiger charge is 2.16. The normalized spacial score (nSPS) is 13.7. The van der Waals surface area contributed by atoms with Gasteiger partial charge in [0.2, 0.25) is 0 Å². The second-order valence-electron chi connectivity index (χ2n) is 5.35. The van der Waals surface area contributed by atoms with Gasteiger partial charge in [-0.1, -0.05) is 66.5 Å². The number of ether oxygens (including phenoxy) is 1. The van der Waals surface area contributed by atoms with Crippen LogP contribution in [0.2, 0.25) is 5.02 Å². The summed E-state index contributed by atoms with van der Waals surface area (Å²) >= 11 is 9.65. The van der Waals surface area contributed by atoms with E-state index in [0.717, 1.165) is 28.9 Å². The maximum Gasteiger partial charge on any atom is 0.0935 e. The Hall–Kier alpha value is -0.0500. The Labute approximate surface area is 118 Å². The van der Waals surface area contributed by atoms with Crippen LogP contribution in [-0.4, -0.2) is 11.9 Å².